The van der Waals surface area contributed by atoms with Gasteiger partial charge in [0.2, 0.25) is 0 Å². The number of benzene rings is 5. The zero-order chi connectivity index (χ0) is 32.9. The lowest BCUT2D eigenvalue weighted by Gasteiger charge is -2.36. The van der Waals surface area contributed by atoms with Crippen LogP contribution in [0.2, 0.25) is 0 Å². The fourth-order valence-electron chi connectivity index (χ4n) is 6.20. The standard InChI is InChI=1S/C41H39NO4S/c1-40(2,3)46-38(43)37(42-39(44)45-27-30-17-15-25-35-34-24-14-13-16-29(34)26-36(30)35)28-47-41(31-18-7-4-8-19-31,32-20-9-5-10-21-32)33-22-11-6-12-23-33/h4-25,37H,26-28H2,1-3H3,(H,42,44)/t37-/m0/s1. The molecule has 1 amide bonds. The van der Waals surface area contributed by atoms with Gasteiger partial charge < -0.3 is 14.8 Å². The summed E-state index contributed by atoms with van der Waals surface area (Å²) in [6.45, 7) is 5.57. The predicted octanol–water partition coefficient (Wildman–Crippen LogP) is 8.92. The maximum absolute atomic E-state index is 13.7. The molecule has 0 aliphatic heterocycles. The van der Waals surface area contributed by atoms with Crippen LogP contribution in [0.25, 0.3) is 11.1 Å². The number of thioether (sulfide) groups is 1. The molecule has 6 heteroatoms. The number of ether oxygens (including phenoxy) is 2. The van der Waals surface area contributed by atoms with E-state index in [1.165, 1.54) is 22.3 Å². The molecule has 0 heterocycles. The van der Waals surface area contributed by atoms with Crippen LogP contribution >= 0.6 is 11.8 Å². The summed E-state index contributed by atoms with van der Waals surface area (Å²) in [6.07, 6.45) is 0.129. The first-order valence-electron chi connectivity index (χ1n) is 15.9. The highest BCUT2D eigenvalue weighted by atomic mass is 32.2. The molecular weight excluding hydrogens is 603 g/mol. The molecule has 1 N–H and O–H groups in total. The van der Waals surface area contributed by atoms with Crippen LogP contribution in [0, 0.1) is 0 Å². The lowest BCUT2D eigenvalue weighted by Crippen LogP contribution is -2.46. The van der Waals surface area contributed by atoms with Crippen molar-refractivity contribution in [1.82, 2.24) is 5.32 Å². The molecule has 1 aliphatic rings. The Morgan fingerprint density at radius 1 is 0.702 bits per heavy atom. The number of esters is 1. The van der Waals surface area contributed by atoms with Gasteiger partial charge in [-0.25, -0.2) is 9.59 Å². The highest BCUT2D eigenvalue weighted by molar-refractivity contribution is 8.00. The van der Waals surface area contributed by atoms with Crippen molar-refractivity contribution in [3.05, 3.63) is 167 Å². The third kappa shape index (κ3) is 7.13. The summed E-state index contributed by atoms with van der Waals surface area (Å²) in [5, 5.41) is 2.86. The highest BCUT2D eigenvalue weighted by Gasteiger charge is 2.39. The van der Waals surface area contributed by atoms with E-state index in [1.54, 1.807) is 11.8 Å². The van der Waals surface area contributed by atoms with Gasteiger partial charge in [-0.1, -0.05) is 133 Å². The minimum atomic E-state index is -0.965. The first kappa shape index (κ1) is 32.1. The van der Waals surface area contributed by atoms with Gasteiger partial charge in [0.1, 0.15) is 18.2 Å². The Bertz CT molecular complexity index is 1740. The van der Waals surface area contributed by atoms with Gasteiger partial charge in [0, 0.05) is 5.75 Å². The second-order valence-electron chi connectivity index (χ2n) is 12.7. The van der Waals surface area contributed by atoms with Gasteiger partial charge in [0.05, 0.1) is 4.75 Å². The number of carbonyl (C=O) groups is 2. The predicted molar refractivity (Wildman–Crippen MR) is 189 cm³/mol. The fourth-order valence-corrected chi connectivity index (χ4v) is 7.75. The smallest absolute Gasteiger partial charge is 0.408 e. The molecule has 47 heavy (non-hydrogen) atoms. The lowest BCUT2D eigenvalue weighted by molar-refractivity contribution is -0.156. The Kier molecular flexibility index (Phi) is 9.50. The van der Waals surface area contributed by atoms with Crippen LogP contribution in [-0.4, -0.2) is 29.5 Å². The van der Waals surface area contributed by atoms with Gasteiger partial charge in [-0.15, -0.1) is 11.8 Å². The number of alkyl carbamates (subject to hydrolysis) is 1. The van der Waals surface area contributed by atoms with Crippen molar-refractivity contribution in [2.75, 3.05) is 5.75 Å². The number of fused-ring (bicyclic) bond motifs is 3. The van der Waals surface area contributed by atoms with Crippen LogP contribution < -0.4 is 5.32 Å². The van der Waals surface area contributed by atoms with Crippen LogP contribution in [0.15, 0.2) is 133 Å². The van der Waals surface area contributed by atoms with E-state index in [2.05, 4.69) is 59.9 Å². The number of carbonyl (C=O) groups excluding carboxylic acids is 2. The summed E-state index contributed by atoms with van der Waals surface area (Å²) in [5.74, 6) is -0.278. The van der Waals surface area contributed by atoms with E-state index in [0.717, 1.165) is 28.7 Å². The van der Waals surface area contributed by atoms with Crippen molar-refractivity contribution < 1.29 is 19.1 Å². The van der Waals surface area contributed by atoms with Crippen LogP contribution in [0.4, 0.5) is 4.79 Å². The van der Waals surface area contributed by atoms with Crippen molar-refractivity contribution in [2.24, 2.45) is 0 Å². The van der Waals surface area contributed by atoms with Gasteiger partial charge in [-0.3, -0.25) is 0 Å². The maximum Gasteiger partial charge on any atom is 0.408 e. The van der Waals surface area contributed by atoms with Crippen molar-refractivity contribution in [1.29, 1.82) is 0 Å². The van der Waals surface area contributed by atoms with Gasteiger partial charge >= 0.3 is 12.1 Å². The minimum absolute atomic E-state index is 0.0964. The molecule has 0 fully saturated rings. The third-order valence-electron chi connectivity index (χ3n) is 8.30. The normalized spacial score (nSPS) is 12.8. The summed E-state index contributed by atoms with van der Waals surface area (Å²) in [5.41, 5.74) is 8.22. The van der Waals surface area contributed by atoms with Crippen molar-refractivity contribution in [3.8, 4) is 11.1 Å². The first-order chi connectivity index (χ1) is 22.7. The van der Waals surface area contributed by atoms with E-state index in [1.807, 2.05) is 99.6 Å². The van der Waals surface area contributed by atoms with Gasteiger partial charge in [0.25, 0.3) is 0 Å². The molecule has 1 atom stereocenters. The number of hydrogen-bond acceptors (Lipinski definition) is 5. The molecule has 0 spiro atoms. The Morgan fingerprint density at radius 3 is 1.81 bits per heavy atom. The molecule has 0 unspecified atom stereocenters. The van der Waals surface area contributed by atoms with Crippen molar-refractivity contribution in [3.63, 3.8) is 0 Å². The van der Waals surface area contributed by atoms with Crippen molar-refractivity contribution >= 4 is 23.8 Å². The van der Waals surface area contributed by atoms with Crippen LogP contribution in [0.1, 0.15) is 54.2 Å². The minimum Gasteiger partial charge on any atom is -0.458 e. The van der Waals surface area contributed by atoms with Crippen LogP contribution in [-0.2, 0) is 32.0 Å². The molecule has 0 bridgehead atoms. The summed E-state index contributed by atoms with van der Waals surface area (Å²) in [7, 11) is 0. The van der Waals surface area contributed by atoms with Gasteiger partial charge in [-0.05, 0) is 71.7 Å². The zero-order valence-corrected chi connectivity index (χ0v) is 27.8. The lowest BCUT2D eigenvalue weighted by atomic mass is 9.84. The van der Waals surface area contributed by atoms with E-state index >= 15 is 0 Å². The molecule has 6 rings (SSSR count). The summed E-state index contributed by atoms with van der Waals surface area (Å²) in [4.78, 5) is 27.1. The number of amides is 1. The van der Waals surface area contributed by atoms with Gasteiger partial charge in [-0.2, -0.15) is 0 Å². The highest BCUT2D eigenvalue weighted by Crippen LogP contribution is 2.48. The summed E-state index contributed by atoms with van der Waals surface area (Å²) < 4.78 is 10.9. The van der Waals surface area contributed by atoms with E-state index in [4.69, 9.17) is 9.47 Å². The number of rotatable bonds is 10. The number of hydrogen-bond donors (Lipinski definition) is 1. The SMILES string of the molecule is CC(C)(C)OC(=O)[C@H](CSC(c1ccccc1)(c1ccccc1)c1ccccc1)NC(=O)OCc1cccc2c1Cc1ccccc1-2. The Morgan fingerprint density at radius 2 is 1.23 bits per heavy atom. The Hall–Kier alpha value is -4.81. The van der Waals surface area contributed by atoms with E-state index < -0.39 is 28.5 Å². The third-order valence-corrected chi connectivity index (χ3v) is 9.94. The fraction of sp³-hybridized carbons (Fsp3) is 0.220. The molecule has 5 aromatic carbocycles. The van der Waals surface area contributed by atoms with Gasteiger partial charge in [0.15, 0.2) is 0 Å². The molecule has 238 valence electrons. The molecule has 0 saturated carbocycles. The van der Waals surface area contributed by atoms with Crippen LogP contribution in [0.5, 0.6) is 0 Å². The average molecular weight is 642 g/mol. The second-order valence-corrected chi connectivity index (χ2v) is 13.9. The Labute approximate surface area is 281 Å². The second kappa shape index (κ2) is 13.9. The molecule has 0 radical (unpaired) electrons. The molecule has 0 aromatic heterocycles. The average Bonchev–Trinajstić information content (AvgIpc) is 3.47. The Balaban J connectivity index is 1.27. The molecule has 5 nitrogen and oxygen atoms in total. The van der Waals surface area contributed by atoms with E-state index in [9.17, 15) is 9.59 Å². The van der Waals surface area contributed by atoms with Crippen molar-refractivity contribution in [2.45, 2.75) is 50.2 Å². The molecule has 1 aliphatic carbocycles. The zero-order valence-electron chi connectivity index (χ0n) is 26.9. The van der Waals surface area contributed by atoms with E-state index in [0.29, 0.717) is 0 Å². The maximum atomic E-state index is 13.7. The van der Waals surface area contributed by atoms with Crippen LogP contribution in [0.3, 0.4) is 0 Å². The molecular formula is C41H39NO4S. The quantitative estimate of drug-likeness (QED) is 0.120. The summed E-state index contributed by atoms with van der Waals surface area (Å²) in [6, 6.07) is 44.2. The monoisotopic (exact) mass is 641 g/mol. The first-order valence-corrected chi connectivity index (χ1v) is 16.9. The largest absolute Gasteiger partial charge is 0.458 e. The topological polar surface area (TPSA) is 64.6 Å². The summed E-state index contributed by atoms with van der Waals surface area (Å²) >= 11 is 1.59. The molecule has 5 aromatic rings. The molecule has 0 saturated heterocycles. The van der Waals surface area contributed by atoms with E-state index in [-0.39, 0.29) is 12.4 Å². The number of nitrogens with one attached hydrogen (secondary N) is 1.